The summed E-state index contributed by atoms with van der Waals surface area (Å²) >= 11 is 0. The van der Waals surface area contributed by atoms with E-state index in [2.05, 4.69) is 4.90 Å². The Morgan fingerprint density at radius 3 is 2.75 bits per heavy atom. The van der Waals surface area contributed by atoms with Crippen LogP contribution in [0.3, 0.4) is 0 Å². The topological polar surface area (TPSA) is 91.1 Å². The number of benzene rings is 2. The number of nitro benzene ring substituents is 1. The Kier molecular flexibility index (Phi) is 4.64. The monoisotopic (exact) mass is 384 g/mol. The molecule has 0 fully saturated rings. The van der Waals surface area contributed by atoms with Gasteiger partial charge in [0.25, 0.3) is 5.69 Å². The lowest BCUT2D eigenvalue weighted by Gasteiger charge is -2.35. The van der Waals surface area contributed by atoms with Crippen LogP contribution in [0.15, 0.2) is 30.3 Å². The standard InChI is InChI=1S/C20H20N2O6/c1-21-8-7-13-9-17-19(28-11-27-17)20(26-2)18(13)15(21)10-16(23)12-3-5-14(6-4-12)22(24)25/h3-6,9,15H,7-8,10-11H2,1-2H3/t15-/m0/s1. The van der Waals surface area contributed by atoms with Crippen LogP contribution in [0, 0.1) is 10.1 Å². The van der Waals surface area contributed by atoms with E-state index < -0.39 is 4.92 Å². The number of rotatable bonds is 5. The molecular formula is C20H20N2O6. The molecule has 0 unspecified atom stereocenters. The number of non-ortho nitro benzene ring substituents is 1. The van der Waals surface area contributed by atoms with E-state index in [0.29, 0.717) is 22.8 Å². The minimum atomic E-state index is -0.479. The third kappa shape index (κ3) is 3.05. The zero-order valence-corrected chi connectivity index (χ0v) is 15.6. The molecule has 146 valence electrons. The molecule has 2 aromatic rings. The van der Waals surface area contributed by atoms with Gasteiger partial charge >= 0.3 is 0 Å². The van der Waals surface area contributed by atoms with Crippen LogP contribution in [0.4, 0.5) is 5.69 Å². The minimum absolute atomic E-state index is 0.0361. The van der Waals surface area contributed by atoms with Crippen LogP contribution in [0.1, 0.15) is 33.9 Å². The number of nitro groups is 1. The molecule has 0 amide bonds. The van der Waals surface area contributed by atoms with Crippen molar-refractivity contribution in [2.24, 2.45) is 0 Å². The van der Waals surface area contributed by atoms with Gasteiger partial charge in [0, 0.05) is 42.3 Å². The first-order valence-corrected chi connectivity index (χ1v) is 8.97. The Hall–Kier alpha value is -3.13. The molecule has 2 heterocycles. The van der Waals surface area contributed by atoms with Crippen molar-refractivity contribution in [3.8, 4) is 17.2 Å². The molecule has 2 aromatic carbocycles. The van der Waals surface area contributed by atoms with Gasteiger partial charge in [-0.15, -0.1) is 0 Å². The van der Waals surface area contributed by atoms with Crippen molar-refractivity contribution in [2.75, 3.05) is 27.5 Å². The predicted octanol–water partition coefficient (Wildman–Crippen LogP) is 3.13. The molecule has 0 saturated carbocycles. The summed E-state index contributed by atoms with van der Waals surface area (Å²) < 4.78 is 16.7. The van der Waals surface area contributed by atoms with Gasteiger partial charge in [-0.1, -0.05) is 0 Å². The Morgan fingerprint density at radius 2 is 2.07 bits per heavy atom. The van der Waals surface area contributed by atoms with Gasteiger partial charge < -0.3 is 14.2 Å². The number of nitrogens with zero attached hydrogens (tertiary/aromatic N) is 2. The second kappa shape index (κ2) is 7.12. The van der Waals surface area contributed by atoms with Gasteiger partial charge in [0.05, 0.1) is 12.0 Å². The summed E-state index contributed by atoms with van der Waals surface area (Å²) in [7, 11) is 3.56. The second-order valence-corrected chi connectivity index (χ2v) is 6.89. The normalized spacial score (nSPS) is 17.9. The van der Waals surface area contributed by atoms with Crippen molar-refractivity contribution >= 4 is 11.5 Å². The summed E-state index contributed by atoms with van der Waals surface area (Å²) in [6.07, 6.45) is 1.05. The van der Waals surface area contributed by atoms with E-state index in [1.807, 2.05) is 13.1 Å². The fourth-order valence-electron chi connectivity index (χ4n) is 3.85. The Labute approximate surface area is 161 Å². The minimum Gasteiger partial charge on any atom is -0.492 e. The van der Waals surface area contributed by atoms with E-state index in [9.17, 15) is 14.9 Å². The lowest BCUT2D eigenvalue weighted by Crippen LogP contribution is -2.34. The smallest absolute Gasteiger partial charge is 0.269 e. The van der Waals surface area contributed by atoms with Gasteiger partial charge in [0.2, 0.25) is 12.5 Å². The highest BCUT2D eigenvalue weighted by Gasteiger charge is 2.35. The number of fused-ring (bicyclic) bond motifs is 2. The molecule has 0 aromatic heterocycles. The number of ketones is 1. The average Bonchev–Trinajstić information content (AvgIpc) is 3.16. The van der Waals surface area contributed by atoms with Gasteiger partial charge in [-0.05, 0) is 37.2 Å². The zero-order chi connectivity index (χ0) is 19.8. The molecule has 0 radical (unpaired) electrons. The van der Waals surface area contributed by atoms with Crippen LogP contribution in [0.25, 0.3) is 0 Å². The highest BCUT2D eigenvalue weighted by molar-refractivity contribution is 5.96. The first kappa shape index (κ1) is 18.2. The van der Waals surface area contributed by atoms with Crippen molar-refractivity contribution in [2.45, 2.75) is 18.9 Å². The molecule has 0 spiro atoms. The fraction of sp³-hybridized carbons (Fsp3) is 0.350. The number of carbonyl (C=O) groups excluding carboxylic acids is 1. The summed E-state index contributed by atoms with van der Waals surface area (Å²) in [5.74, 6) is 1.77. The molecule has 2 aliphatic heterocycles. The van der Waals surface area contributed by atoms with E-state index in [0.717, 1.165) is 24.1 Å². The van der Waals surface area contributed by atoms with E-state index in [1.54, 1.807) is 7.11 Å². The summed E-state index contributed by atoms with van der Waals surface area (Å²) in [4.78, 5) is 25.4. The number of ether oxygens (including phenoxy) is 3. The number of likely N-dealkylation sites (N-methyl/N-ethyl adjacent to an activating group) is 1. The van der Waals surface area contributed by atoms with Gasteiger partial charge in [-0.25, -0.2) is 0 Å². The third-order valence-corrected chi connectivity index (χ3v) is 5.33. The molecule has 0 aliphatic carbocycles. The van der Waals surface area contributed by atoms with Crippen LogP contribution in [-0.2, 0) is 6.42 Å². The van der Waals surface area contributed by atoms with Crippen LogP contribution in [-0.4, -0.2) is 43.1 Å². The molecule has 1 atom stereocenters. The first-order valence-electron chi connectivity index (χ1n) is 8.97. The molecule has 0 bridgehead atoms. The van der Waals surface area contributed by atoms with E-state index in [4.69, 9.17) is 14.2 Å². The fourth-order valence-corrected chi connectivity index (χ4v) is 3.85. The lowest BCUT2D eigenvalue weighted by atomic mass is 9.87. The Morgan fingerprint density at radius 1 is 1.32 bits per heavy atom. The molecule has 8 nitrogen and oxygen atoms in total. The molecule has 4 rings (SSSR count). The quantitative estimate of drug-likeness (QED) is 0.444. The van der Waals surface area contributed by atoms with Gasteiger partial charge in [-0.2, -0.15) is 0 Å². The van der Waals surface area contributed by atoms with Crippen LogP contribution in [0.2, 0.25) is 0 Å². The zero-order valence-electron chi connectivity index (χ0n) is 15.6. The first-order chi connectivity index (χ1) is 13.5. The maximum Gasteiger partial charge on any atom is 0.269 e. The highest BCUT2D eigenvalue weighted by atomic mass is 16.7. The van der Waals surface area contributed by atoms with E-state index in [1.165, 1.54) is 24.3 Å². The number of Topliss-reactive ketones (excluding diaryl/α,β-unsaturated/α-hetero) is 1. The maximum absolute atomic E-state index is 12.9. The van der Waals surface area contributed by atoms with Gasteiger partial charge in [0.15, 0.2) is 17.3 Å². The van der Waals surface area contributed by atoms with Crippen LogP contribution < -0.4 is 14.2 Å². The largest absolute Gasteiger partial charge is 0.492 e. The summed E-state index contributed by atoms with van der Waals surface area (Å²) in [6.45, 7) is 0.949. The molecule has 0 saturated heterocycles. The van der Waals surface area contributed by atoms with Crippen molar-refractivity contribution in [3.05, 3.63) is 57.1 Å². The van der Waals surface area contributed by atoms with Gasteiger partial charge in [-0.3, -0.25) is 19.8 Å². The van der Waals surface area contributed by atoms with Crippen molar-refractivity contribution in [3.63, 3.8) is 0 Å². The number of carbonyl (C=O) groups is 1. The average molecular weight is 384 g/mol. The Bertz CT molecular complexity index is 941. The second-order valence-electron chi connectivity index (χ2n) is 6.89. The van der Waals surface area contributed by atoms with Crippen molar-refractivity contribution in [1.29, 1.82) is 0 Å². The summed E-state index contributed by atoms with van der Waals surface area (Å²) in [5.41, 5.74) is 2.44. The van der Waals surface area contributed by atoms with E-state index >= 15 is 0 Å². The van der Waals surface area contributed by atoms with Crippen LogP contribution in [0.5, 0.6) is 17.2 Å². The molecular weight excluding hydrogens is 364 g/mol. The van der Waals surface area contributed by atoms with E-state index in [-0.39, 0.29) is 30.7 Å². The number of methoxy groups -OCH3 is 1. The predicted molar refractivity (Wildman–Crippen MR) is 100 cm³/mol. The van der Waals surface area contributed by atoms with Crippen molar-refractivity contribution < 1.29 is 23.9 Å². The third-order valence-electron chi connectivity index (χ3n) is 5.33. The van der Waals surface area contributed by atoms with Crippen molar-refractivity contribution in [1.82, 2.24) is 4.90 Å². The highest BCUT2D eigenvalue weighted by Crippen LogP contribution is 2.50. The summed E-state index contributed by atoms with van der Waals surface area (Å²) in [6, 6.07) is 7.49. The summed E-state index contributed by atoms with van der Waals surface area (Å²) in [5, 5.41) is 10.8. The number of hydrogen-bond donors (Lipinski definition) is 0. The molecule has 0 N–H and O–H groups in total. The molecule has 2 aliphatic rings. The SMILES string of the molecule is COc1c2c(cc3c1[C@H](CC(=O)c1ccc([N+](=O)[O-])cc1)N(C)CC3)OCO2. The maximum atomic E-state index is 12.9. The molecule has 8 heteroatoms. The van der Waals surface area contributed by atoms with Crippen LogP contribution >= 0.6 is 0 Å². The van der Waals surface area contributed by atoms with Gasteiger partial charge in [0.1, 0.15) is 0 Å². The Balaban J connectivity index is 1.67. The number of hydrogen-bond acceptors (Lipinski definition) is 7. The molecule has 28 heavy (non-hydrogen) atoms. The lowest BCUT2D eigenvalue weighted by molar-refractivity contribution is -0.384.